The molecule has 0 aliphatic carbocycles. The van der Waals surface area contributed by atoms with E-state index in [-0.39, 0.29) is 18.0 Å². The molecule has 130 valence electrons. The molecule has 0 N–H and O–H groups in total. The van der Waals surface area contributed by atoms with Gasteiger partial charge in [-0.2, -0.15) is 0 Å². The Bertz CT molecular complexity index is 651. The van der Waals surface area contributed by atoms with Crippen molar-refractivity contribution in [2.75, 3.05) is 26.8 Å². The predicted molar refractivity (Wildman–Crippen MR) is 97.4 cm³/mol. The summed E-state index contributed by atoms with van der Waals surface area (Å²) in [6, 6.07) is 4.75. The van der Waals surface area contributed by atoms with Crippen molar-refractivity contribution in [1.82, 2.24) is 4.67 Å². The van der Waals surface area contributed by atoms with Gasteiger partial charge >= 0.3 is 11.7 Å². The van der Waals surface area contributed by atoms with Crippen LogP contribution in [0.5, 0.6) is 5.75 Å². The molecule has 1 aromatic rings. The molecule has 0 bridgehead atoms. The van der Waals surface area contributed by atoms with Gasteiger partial charge in [0.05, 0.1) is 12.0 Å². The Morgan fingerprint density at radius 2 is 2.33 bits per heavy atom. The lowest BCUT2D eigenvalue weighted by Crippen LogP contribution is -2.22. The molecule has 7 nitrogen and oxygen atoms in total. The molecule has 1 fully saturated rings. The Morgan fingerprint density at radius 3 is 3.00 bits per heavy atom. The van der Waals surface area contributed by atoms with Crippen LogP contribution in [0, 0.1) is 10.1 Å². The smallest absolute Gasteiger partial charge is 0.343 e. The van der Waals surface area contributed by atoms with Gasteiger partial charge in [-0.05, 0) is 32.9 Å². The molecule has 1 saturated heterocycles. The van der Waals surface area contributed by atoms with E-state index in [2.05, 4.69) is 18.3 Å². The highest BCUT2D eigenvalue weighted by Gasteiger charge is 2.18. The van der Waals surface area contributed by atoms with E-state index >= 15 is 0 Å². The summed E-state index contributed by atoms with van der Waals surface area (Å²) in [5.74, 6) is -0.527. The minimum absolute atomic E-state index is 0.0595. The topological polar surface area (TPSA) is 81.9 Å². The van der Waals surface area contributed by atoms with E-state index in [1.807, 2.05) is 6.08 Å². The van der Waals surface area contributed by atoms with Crippen molar-refractivity contribution in [1.29, 1.82) is 0 Å². The van der Waals surface area contributed by atoms with Crippen LogP contribution in [0.25, 0.3) is 6.08 Å². The maximum atomic E-state index is 11.3. The van der Waals surface area contributed by atoms with Crippen LogP contribution in [-0.2, 0) is 9.53 Å². The zero-order chi connectivity index (χ0) is 17.5. The lowest BCUT2D eigenvalue weighted by molar-refractivity contribution is -0.385. The summed E-state index contributed by atoms with van der Waals surface area (Å²) >= 11 is 0. The van der Waals surface area contributed by atoms with Crippen molar-refractivity contribution in [2.24, 2.45) is 0 Å². The largest absolute Gasteiger partial charge is 0.475 e. The first-order valence-corrected chi connectivity index (χ1v) is 10.2. The van der Waals surface area contributed by atoms with E-state index in [0.717, 1.165) is 31.5 Å². The number of nitrogens with zero attached hydrogens (tertiary/aromatic N) is 2. The molecule has 2 unspecified atom stereocenters. The molecule has 1 heterocycles. The van der Waals surface area contributed by atoms with Crippen molar-refractivity contribution in [3.63, 3.8) is 0 Å². The van der Waals surface area contributed by atoms with Gasteiger partial charge in [-0.25, -0.2) is 4.79 Å². The Hall–Kier alpha value is -1.55. The van der Waals surface area contributed by atoms with Gasteiger partial charge in [0.2, 0.25) is 0 Å². The van der Waals surface area contributed by atoms with Crippen molar-refractivity contribution in [3.8, 4) is 5.75 Å². The lowest BCUT2D eigenvalue weighted by Gasteiger charge is -2.26. The number of nitro groups is 1. The second-order valence-corrected chi connectivity index (χ2v) is 6.97. The Kier molecular flexibility index (Phi) is 7.10. The number of piperidine rings is 1. The maximum absolute atomic E-state index is 11.3. The Balaban J connectivity index is 2.18. The summed E-state index contributed by atoms with van der Waals surface area (Å²) in [5.41, 5.74) is 1.86. The number of hydrogen-bond acceptors (Lipinski definition) is 6. The van der Waals surface area contributed by atoms with E-state index in [0.29, 0.717) is 8.42 Å². The number of nitro benzene ring substituents is 1. The number of hydrogen-bond donors (Lipinski definition) is 0. The average molecular weight is 370 g/mol. The molecule has 9 heteroatoms. The molecule has 1 aromatic carbocycles. The summed E-state index contributed by atoms with van der Waals surface area (Å²) in [4.78, 5) is 21.9. The molecule has 24 heavy (non-hydrogen) atoms. The van der Waals surface area contributed by atoms with E-state index < -0.39 is 10.9 Å². The zero-order valence-electron chi connectivity index (χ0n) is 13.4. The first kappa shape index (κ1) is 18.8. The van der Waals surface area contributed by atoms with E-state index in [9.17, 15) is 14.9 Å². The van der Waals surface area contributed by atoms with Crippen molar-refractivity contribution in [2.45, 2.75) is 12.8 Å². The first-order valence-electron chi connectivity index (χ1n) is 7.42. The monoisotopic (exact) mass is 370 g/mol. The molecule has 1 aliphatic heterocycles. The summed E-state index contributed by atoms with van der Waals surface area (Å²) in [6.07, 6.45) is 4.09. The number of rotatable bonds is 6. The fraction of sp³-hybridized carbons (Fsp3) is 0.400. The predicted octanol–water partition coefficient (Wildman–Crippen LogP) is 3.01. The standard InChI is InChI=1S/C15H20N2O5P2/c1-21-15(18)10-22-14-5-4-11(8-13(14)17(19)20)7-12-3-2-6-16(9-12)24-23/h4-5,7-8,24H,2-3,6,9-10,23H2,1H3. The molecular formula is C15H20N2O5P2. The normalized spacial score (nSPS) is 17.3. The van der Waals surface area contributed by atoms with Gasteiger partial charge in [0.15, 0.2) is 12.4 Å². The third kappa shape index (κ3) is 5.23. The highest BCUT2D eigenvalue weighted by molar-refractivity contribution is 8.01. The van der Waals surface area contributed by atoms with Gasteiger partial charge in [0.1, 0.15) is 0 Å². The molecule has 2 atom stereocenters. The van der Waals surface area contributed by atoms with Crippen LogP contribution < -0.4 is 4.74 Å². The quantitative estimate of drug-likeness (QED) is 0.331. The summed E-state index contributed by atoms with van der Waals surface area (Å²) in [5, 5.41) is 11.3. The third-order valence-electron chi connectivity index (χ3n) is 3.63. The van der Waals surface area contributed by atoms with Crippen LogP contribution in [0.1, 0.15) is 18.4 Å². The van der Waals surface area contributed by atoms with Crippen LogP contribution in [0.4, 0.5) is 5.69 Å². The molecule has 0 radical (unpaired) electrons. The van der Waals surface area contributed by atoms with Crippen LogP contribution >= 0.6 is 17.3 Å². The summed E-state index contributed by atoms with van der Waals surface area (Å²) in [6.45, 7) is 1.61. The SMILES string of the molecule is COC(=O)COc1ccc(C=C2CCCN(PP)C2)cc1[N+](=O)[O-]. The minimum Gasteiger partial charge on any atom is -0.475 e. The van der Waals surface area contributed by atoms with Crippen molar-refractivity contribution < 1.29 is 19.2 Å². The highest BCUT2D eigenvalue weighted by atomic mass is 32.0. The minimum atomic E-state index is -0.587. The Labute approximate surface area is 144 Å². The van der Waals surface area contributed by atoms with Crippen LogP contribution in [0.15, 0.2) is 23.8 Å². The second-order valence-electron chi connectivity index (χ2n) is 5.31. The van der Waals surface area contributed by atoms with Gasteiger partial charge in [-0.1, -0.05) is 26.6 Å². The number of carbonyl (C=O) groups is 1. The maximum Gasteiger partial charge on any atom is 0.343 e. The van der Waals surface area contributed by atoms with Crippen molar-refractivity contribution in [3.05, 3.63) is 39.4 Å². The third-order valence-corrected chi connectivity index (χ3v) is 5.47. The van der Waals surface area contributed by atoms with E-state index in [4.69, 9.17) is 4.74 Å². The number of carbonyl (C=O) groups excluding carboxylic acids is 1. The zero-order valence-corrected chi connectivity index (χ0v) is 15.5. The summed E-state index contributed by atoms with van der Waals surface area (Å²) in [7, 11) is 4.66. The molecule has 0 saturated carbocycles. The van der Waals surface area contributed by atoms with E-state index in [1.165, 1.54) is 24.8 Å². The second kappa shape index (κ2) is 9.07. The van der Waals surface area contributed by atoms with E-state index in [1.54, 1.807) is 6.07 Å². The van der Waals surface area contributed by atoms with Gasteiger partial charge in [0, 0.05) is 19.2 Å². The Morgan fingerprint density at radius 1 is 1.54 bits per heavy atom. The van der Waals surface area contributed by atoms with Crippen molar-refractivity contribution >= 4 is 35.1 Å². The number of ether oxygens (including phenoxy) is 2. The molecule has 1 aliphatic rings. The molecule has 0 aromatic heterocycles. The van der Waals surface area contributed by atoms with Crippen LogP contribution in [0.2, 0.25) is 0 Å². The van der Waals surface area contributed by atoms with Gasteiger partial charge in [-0.3, -0.25) is 14.8 Å². The number of benzene rings is 1. The lowest BCUT2D eigenvalue weighted by atomic mass is 10.0. The van der Waals surface area contributed by atoms with Gasteiger partial charge in [-0.15, -0.1) is 0 Å². The van der Waals surface area contributed by atoms with Crippen LogP contribution in [0.3, 0.4) is 0 Å². The highest BCUT2D eigenvalue weighted by Crippen LogP contribution is 2.33. The molecule has 0 amide bonds. The molecule has 2 rings (SSSR count). The van der Waals surface area contributed by atoms with Crippen LogP contribution in [-0.4, -0.2) is 42.4 Å². The molecular weight excluding hydrogens is 350 g/mol. The summed E-state index contributed by atoms with van der Waals surface area (Å²) < 4.78 is 12.0. The number of methoxy groups -OCH3 is 1. The fourth-order valence-corrected chi connectivity index (χ4v) is 3.69. The van der Waals surface area contributed by atoms with Gasteiger partial charge < -0.3 is 9.47 Å². The van der Waals surface area contributed by atoms with Gasteiger partial charge in [0.25, 0.3) is 0 Å². The molecule has 0 spiro atoms. The average Bonchev–Trinajstić information content (AvgIpc) is 2.60. The fourth-order valence-electron chi connectivity index (χ4n) is 2.45. The number of esters is 1. The first-order chi connectivity index (χ1) is 11.5.